The molecule has 0 aromatic heterocycles. The van der Waals surface area contributed by atoms with Crippen molar-refractivity contribution in [3.63, 3.8) is 0 Å². The number of amides is 1. The number of hydrogen-bond acceptors (Lipinski definition) is 4. The molecule has 0 rings (SSSR count). The summed E-state index contributed by atoms with van der Waals surface area (Å²) in [6.07, 6.45) is 1.11. The molecule has 2 atom stereocenters. The molecule has 0 radical (unpaired) electrons. The number of hydrogen-bond donors (Lipinski definition) is 2. The second kappa shape index (κ2) is 9.30. The van der Waals surface area contributed by atoms with E-state index in [1.165, 1.54) is 0 Å². The summed E-state index contributed by atoms with van der Waals surface area (Å²) >= 11 is 0. The van der Waals surface area contributed by atoms with Gasteiger partial charge in [0, 0.05) is 26.2 Å². The molecule has 0 spiro atoms. The van der Waals surface area contributed by atoms with Gasteiger partial charge < -0.3 is 20.7 Å². The Morgan fingerprint density at radius 2 is 2.00 bits per heavy atom. The first kappa shape index (κ1) is 17.4. The highest BCUT2D eigenvalue weighted by molar-refractivity contribution is 5.76. The zero-order valence-corrected chi connectivity index (χ0v) is 12.4. The molecule has 5 heteroatoms. The lowest BCUT2D eigenvalue weighted by Crippen LogP contribution is -2.44. The molecule has 2 unspecified atom stereocenters. The molecule has 0 saturated heterocycles. The third-order valence-corrected chi connectivity index (χ3v) is 2.72. The van der Waals surface area contributed by atoms with Crippen molar-refractivity contribution in [1.82, 2.24) is 10.2 Å². The molecule has 5 nitrogen and oxygen atoms in total. The summed E-state index contributed by atoms with van der Waals surface area (Å²) in [4.78, 5) is 14.0. The number of nitrogens with two attached hydrogens (primary N) is 1. The van der Waals surface area contributed by atoms with Crippen LogP contribution in [0.3, 0.4) is 0 Å². The minimum absolute atomic E-state index is 0.0137. The van der Waals surface area contributed by atoms with E-state index in [1.54, 1.807) is 7.11 Å². The fourth-order valence-corrected chi connectivity index (χ4v) is 1.95. The molecule has 0 bridgehead atoms. The SMILES string of the molecule is COC(CN)CC(=O)NC(CC(C)C)CN(C)C. The lowest BCUT2D eigenvalue weighted by Gasteiger charge is -2.24. The van der Waals surface area contributed by atoms with Gasteiger partial charge in [0.05, 0.1) is 12.5 Å². The Kier molecular flexibility index (Phi) is 8.97. The number of rotatable bonds is 9. The Balaban J connectivity index is 4.24. The van der Waals surface area contributed by atoms with E-state index in [-0.39, 0.29) is 18.1 Å². The molecule has 18 heavy (non-hydrogen) atoms. The molecule has 0 aromatic carbocycles. The van der Waals surface area contributed by atoms with E-state index in [9.17, 15) is 4.79 Å². The summed E-state index contributed by atoms with van der Waals surface area (Å²) in [5.74, 6) is 0.572. The van der Waals surface area contributed by atoms with Crippen LogP contribution < -0.4 is 11.1 Å². The summed E-state index contributed by atoms with van der Waals surface area (Å²) in [6.45, 7) is 5.54. The predicted octanol–water partition coefficient (Wildman–Crippen LogP) is 0.443. The minimum atomic E-state index is -0.191. The highest BCUT2D eigenvalue weighted by Gasteiger charge is 2.17. The van der Waals surface area contributed by atoms with Crippen LogP contribution >= 0.6 is 0 Å². The largest absolute Gasteiger partial charge is 0.380 e. The van der Waals surface area contributed by atoms with Gasteiger partial charge in [0.25, 0.3) is 0 Å². The standard InChI is InChI=1S/C13H29N3O2/c1-10(2)6-11(9-16(3)4)15-13(17)7-12(8-14)18-5/h10-12H,6-9,14H2,1-5H3,(H,15,17). The van der Waals surface area contributed by atoms with Gasteiger partial charge >= 0.3 is 0 Å². The molecule has 0 aliphatic heterocycles. The molecule has 0 heterocycles. The average Bonchev–Trinajstić information content (AvgIpc) is 2.23. The van der Waals surface area contributed by atoms with E-state index >= 15 is 0 Å². The fourth-order valence-electron chi connectivity index (χ4n) is 1.95. The van der Waals surface area contributed by atoms with Crippen molar-refractivity contribution in [3.05, 3.63) is 0 Å². The number of carbonyl (C=O) groups is 1. The van der Waals surface area contributed by atoms with Gasteiger partial charge in [-0.25, -0.2) is 0 Å². The summed E-state index contributed by atoms with van der Waals surface area (Å²) in [7, 11) is 5.60. The van der Waals surface area contributed by atoms with E-state index in [4.69, 9.17) is 10.5 Å². The van der Waals surface area contributed by atoms with Crippen molar-refractivity contribution in [2.45, 2.75) is 38.8 Å². The summed E-state index contributed by atoms with van der Waals surface area (Å²) in [5.41, 5.74) is 5.51. The first-order valence-electron chi connectivity index (χ1n) is 6.56. The Morgan fingerprint density at radius 3 is 2.39 bits per heavy atom. The molecular weight excluding hydrogens is 230 g/mol. The maximum Gasteiger partial charge on any atom is 0.222 e. The molecule has 0 aromatic rings. The number of nitrogens with zero attached hydrogens (tertiary/aromatic N) is 1. The van der Waals surface area contributed by atoms with Crippen molar-refractivity contribution in [3.8, 4) is 0 Å². The van der Waals surface area contributed by atoms with Gasteiger partial charge in [-0.2, -0.15) is 0 Å². The van der Waals surface area contributed by atoms with Gasteiger partial charge in [-0.3, -0.25) is 4.79 Å². The third kappa shape index (κ3) is 8.44. The van der Waals surface area contributed by atoms with Crippen molar-refractivity contribution in [2.24, 2.45) is 11.7 Å². The normalized spacial score (nSPS) is 14.9. The number of nitrogens with one attached hydrogen (secondary N) is 1. The number of carbonyl (C=O) groups excluding carboxylic acids is 1. The maximum absolute atomic E-state index is 11.9. The van der Waals surface area contributed by atoms with Crippen molar-refractivity contribution >= 4 is 5.91 Å². The van der Waals surface area contributed by atoms with Crippen LogP contribution in [-0.2, 0) is 9.53 Å². The summed E-state index contributed by atoms with van der Waals surface area (Å²) in [5, 5.41) is 3.06. The van der Waals surface area contributed by atoms with Gasteiger partial charge in [0.2, 0.25) is 5.91 Å². The Hall–Kier alpha value is -0.650. The van der Waals surface area contributed by atoms with Gasteiger partial charge in [-0.1, -0.05) is 13.8 Å². The number of ether oxygens (including phenoxy) is 1. The second-order valence-corrected chi connectivity index (χ2v) is 5.45. The van der Waals surface area contributed by atoms with Crippen molar-refractivity contribution in [2.75, 3.05) is 34.3 Å². The van der Waals surface area contributed by atoms with E-state index in [2.05, 4.69) is 24.1 Å². The Bertz CT molecular complexity index is 218. The molecule has 0 aliphatic carbocycles. The maximum atomic E-state index is 11.9. The highest BCUT2D eigenvalue weighted by Crippen LogP contribution is 2.06. The lowest BCUT2D eigenvalue weighted by atomic mass is 10.0. The second-order valence-electron chi connectivity index (χ2n) is 5.45. The smallest absolute Gasteiger partial charge is 0.222 e. The molecular formula is C13H29N3O2. The van der Waals surface area contributed by atoms with Crippen LogP contribution in [0.2, 0.25) is 0 Å². The van der Waals surface area contributed by atoms with E-state index in [0.29, 0.717) is 18.9 Å². The van der Waals surface area contributed by atoms with Crippen LogP contribution in [0.25, 0.3) is 0 Å². The first-order chi connectivity index (χ1) is 8.38. The van der Waals surface area contributed by atoms with E-state index in [0.717, 1.165) is 13.0 Å². The zero-order valence-electron chi connectivity index (χ0n) is 12.4. The first-order valence-corrected chi connectivity index (χ1v) is 6.56. The van der Waals surface area contributed by atoms with Crippen LogP contribution in [-0.4, -0.2) is 57.2 Å². The zero-order chi connectivity index (χ0) is 14.1. The summed E-state index contributed by atoms with van der Waals surface area (Å²) in [6, 6.07) is 0.183. The van der Waals surface area contributed by atoms with E-state index < -0.39 is 0 Å². The van der Waals surface area contributed by atoms with Crippen molar-refractivity contribution < 1.29 is 9.53 Å². The monoisotopic (exact) mass is 259 g/mol. The van der Waals surface area contributed by atoms with Gasteiger partial charge in [-0.15, -0.1) is 0 Å². The number of methoxy groups -OCH3 is 1. The highest BCUT2D eigenvalue weighted by atomic mass is 16.5. The molecule has 0 saturated carbocycles. The summed E-state index contributed by atoms with van der Waals surface area (Å²) < 4.78 is 5.12. The molecule has 0 fully saturated rings. The van der Waals surface area contributed by atoms with Gasteiger partial charge in [0.15, 0.2) is 0 Å². The quantitative estimate of drug-likeness (QED) is 0.630. The van der Waals surface area contributed by atoms with Crippen LogP contribution in [0.15, 0.2) is 0 Å². The molecule has 1 amide bonds. The van der Waals surface area contributed by atoms with Gasteiger partial charge in [0.1, 0.15) is 0 Å². The van der Waals surface area contributed by atoms with Crippen LogP contribution in [0.4, 0.5) is 0 Å². The van der Waals surface area contributed by atoms with Gasteiger partial charge in [-0.05, 0) is 26.4 Å². The average molecular weight is 259 g/mol. The molecule has 3 N–H and O–H groups in total. The Labute approximate surface area is 111 Å². The predicted molar refractivity (Wildman–Crippen MR) is 74.4 cm³/mol. The molecule has 0 aliphatic rings. The lowest BCUT2D eigenvalue weighted by molar-refractivity contribution is -0.124. The third-order valence-electron chi connectivity index (χ3n) is 2.72. The topological polar surface area (TPSA) is 67.6 Å². The Morgan fingerprint density at radius 1 is 1.39 bits per heavy atom. The minimum Gasteiger partial charge on any atom is -0.380 e. The van der Waals surface area contributed by atoms with Crippen molar-refractivity contribution in [1.29, 1.82) is 0 Å². The van der Waals surface area contributed by atoms with E-state index in [1.807, 2.05) is 14.1 Å². The fraction of sp³-hybridized carbons (Fsp3) is 0.923. The molecule has 108 valence electrons. The van der Waals surface area contributed by atoms with Crippen LogP contribution in [0.1, 0.15) is 26.7 Å². The number of likely N-dealkylation sites (N-methyl/N-ethyl adjacent to an activating group) is 1. The van der Waals surface area contributed by atoms with Crippen LogP contribution in [0, 0.1) is 5.92 Å². The van der Waals surface area contributed by atoms with Crippen LogP contribution in [0.5, 0.6) is 0 Å².